The van der Waals surface area contributed by atoms with Crippen molar-refractivity contribution in [3.63, 3.8) is 0 Å². The maximum Gasteiger partial charge on any atom is 0.0574 e. The first-order valence-electron chi connectivity index (χ1n) is 7.53. The third-order valence-corrected chi connectivity index (χ3v) is 4.27. The third kappa shape index (κ3) is 2.88. The molecule has 0 unspecified atom stereocenters. The number of hydrogen-bond acceptors (Lipinski definition) is 3. The average Bonchev–Trinajstić information content (AvgIpc) is 2.49. The number of anilines is 2. The van der Waals surface area contributed by atoms with E-state index in [1.54, 1.807) is 0 Å². The number of aliphatic hydroxyl groups is 1. The molecule has 3 N–H and O–H groups in total. The van der Waals surface area contributed by atoms with Crippen LogP contribution in [0, 0.1) is 6.92 Å². The molecule has 0 amide bonds. The van der Waals surface area contributed by atoms with Crippen LogP contribution in [0.15, 0.2) is 42.5 Å². The van der Waals surface area contributed by atoms with Crippen molar-refractivity contribution in [3.05, 3.63) is 48.0 Å². The van der Waals surface area contributed by atoms with Gasteiger partial charge in [0.05, 0.1) is 6.10 Å². The Bertz CT molecular complexity index is 631. The van der Waals surface area contributed by atoms with Crippen molar-refractivity contribution in [3.8, 4) is 11.1 Å². The molecule has 0 spiro atoms. The SMILES string of the molecule is Cc1cc(-c2ccccc2N)ccc1N1CCC(O)CC1. The molecular formula is C18H22N2O. The Morgan fingerprint density at radius 2 is 1.81 bits per heavy atom. The zero-order valence-electron chi connectivity index (χ0n) is 12.4. The molecule has 0 saturated carbocycles. The number of nitrogen functional groups attached to an aromatic ring is 1. The van der Waals surface area contributed by atoms with Crippen molar-refractivity contribution in [2.75, 3.05) is 23.7 Å². The molecule has 21 heavy (non-hydrogen) atoms. The van der Waals surface area contributed by atoms with Gasteiger partial charge in [-0.05, 0) is 49.1 Å². The summed E-state index contributed by atoms with van der Waals surface area (Å²) in [6.07, 6.45) is 1.57. The molecule has 3 rings (SSSR count). The van der Waals surface area contributed by atoms with E-state index in [9.17, 15) is 5.11 Å². The highest BCUT2D eigenvalue weighted by Gasteiger charge is 2.18. The lowest BCUT2D eigenvalue weighted by molar-refractivity contribution is 0.145. The Hall–Kier alpha value is -2.00. The quantitative estimate of drug-likeness (QED) is 0.832. The maximum atomic E-state index is 9.63. The highest BCUT2D eigenvalue weighted by atomic mass is 16.3. The van der Waals surface area contributed by atoms with Crippen molar-refractivity contribution in [2.45, 2.75) is 25.9 Å². The number of hydrogen-bond donors (Lipinski definition) is 2. The van der Waals surface area contributed by atoms with Crippen LogP contribution in [-0.4, -0.2) is 24.3 Å². The van der Waals surface area contributed by atoms with E-state index < -0.39 is 0 Å². The van der Waals surface area contributed by atoms with Gasteiger partial charge in [-0.2, -0.15) is 0 Å². The second-order valence-electron chi connectivity index (χ2n) is 5.81. The van der Waals surface area contributed by atoms with Gasteiger partial charge in [-0.3, -0.25) is 0 Å². The summed E-state index contributed by atoms with van der Waals surface area (Å²) in [6.45, 7) is 3.99. The van der Waals surface area contributed by atoms with Gasteiger partial charge < -0.3 is 15.7 Å². The zero-order valence-corrected chi connectivity index (χ0v) is 12.4. The fourth-order valence-corrected chi connectivity index (χ4v) is 3.04. The van der Waals surface area contributed by atoms with Crippen LogP contribution < -0.4 is 10.6 Å². The van der Waals surface area contributed by atoms with Gasteiger partial charge in [0, 0.05) is 30.0 Å². The number of rotatable bonds is 2. The predicted octanol–water partition coefficient (Wildman–Crippen LogP) is 3.21. The Balaban J connectivity index is 1.88. The molecule has 1 saturated heterocycles. The molecule has 2 aromatic carbocycles. The molecule has 3 nitrogen and oxygen atoms in total. The number of nitrogens with two attached hydrogens (primary N) is 1. The lowest BCUT2D eigenvalue weighted by atomic mass is 9.99. The lowest BCUT2D eigenvalue weighted by Gasteiger charge is -2.32. The maximum absolute atomic E-state index is 9.63. The van der Waals surface area contributed by atoms with Crippen LogP contribution in [0.25, 0.3) is 11.1 Å². The van der Waals surface area contributed by atoms with E-state index in [1.807, 2.05) is 18.2 Å². The normalized spacial score (nSPS) is 16.2. The first-order chi connectivity index (χ1) is 10.1. The smallest absolute Gasteiger partial charge is 0.0574 e. The first-order valence-corrected chi connectivity index (χ1v) is 7.53. The monoisotopic (exact) mass is 282 g/mol. The first kappa shape index (κ1) is 14.0. The minimum atomic E-state index is -0.134. The third-order valence-electron chi connectivity index (χ3n) is 4.27. The number of nitrogens with zero attached hydrogens (tertiary/aromatic N) is 1. The van der Waals surface area contributed by atoms with E-state index in [2.05, 4.69) is 36.1 Å². The summed E-state index contributed by atoms with van der Waals surface area (Å²) >= 11 is 0. The molecule has 1 heterocycles. The van der Waals surface area contributed by atoms with Gasteiger partial charge in [-0.15, -0.1) is 0 Å². The number of para-hydroxylation sites is 1. The summed E-state index contributed by atoms with van der Waals surface area (Å²) in [5, 5.41) is 9.63. The fraction of sp³-hybridized carbons (Fsp3) is 0.333. The summed E-state index contributed by atoms with van der Waals surface area (Å²) in [7, 11) is 0. The highest BCUT2D eigenvalue weighted by Crippen LogP contribution is 2.31. The van der Waals surface area contributed by atoms with Gasteiger partial charge in [0.1, 0.15) is 0 Å². The number of piperidine rings is 1. The molecule has 0 aliphatic carbocycles. The molecule has 1 aliphatic heterocycles. The molecular weight excluding hydrogens is 260 g/mol. The van der Waals surface area contributed by atoms with Crippen molar-refractivity contribution in [1.82, 2.24) is 0 Å². The predicted molar refractivity (Wildman–Crippen MR) is 88.5 cm³/mol. The molecule has 3 heteroatoms. The zero-order chi connectivity index (χ0) is 14.8. The van der Waals surface area contributed by atoms with Gasteiger partial charge >= 0.3 is 0 Å². The van der Waals surface area contributed by atoms with Crippen LogP contribution in [0.5, 0.6) is 0 Å². The summed E-state index contributed by atoms with van der Waals surface area (Å²) in [5.74, 6) is 0. The molecule has 0 aromatic heterocycles. The van der Waals surface area contributed by atoms with Crippen LogP contribution in [0.2, 0.25) is 0 Å². The molecule has 1 fully saturated rings. The summed E-state index contributed by atoms with van der Waals surface area (Å²) in [4.78, 5) is 2.36. The highest BCUT2D eigenvalue weighted by molar-refractivity contribution is 5.78. The molecule has 0 bridgehead atoms. The average molecular weight is 282 g/mol. The fourth-order valence-electron chi connectivity index (χ4n) is 3.04. The van der Waals surface area contributed by atoms with Crippen molar-refractivity contribution >= 4 is 11.4 Å². The van der Waals surface area contributed by atoms with E-state index in [0.717, 1.165) is 42.7 Å². The second kappa shape index (κ2) is 5.78. The minimum absolute atomic E-state index is 0.134. The summed E-state index contributed by atoms with van der Waals surface area (Å²) in [6, 6.07) is 14.5. The molecule has 2 aromatic rings. The van der Waals surface area contributed by atoms with E-state index in [4.69, 9.17) is 5.73 Å². The number of aliphatic hydroxyl groups excluding tert-OH is 1. The van der Waals surface area contributed by atoms with Crippen LogP contribution in [-0.2, 0) is 0 Å². The molecule has 110 valence electrons. The van der Waals surface area contributed by atoms with E-state index >= 15 is 0 Å². The molecule has 0 radical (unpaired) electrons. The van der Waals surface area contributed by atoms with Gasteiger partial charge in [0.25, 0.3) is 0 Å². The van der Waals surface area contributed by atoms with Gasteiger partial charge in [-0.25, -0.2) is 0 Å². The standard InChI is InChI=1S/C18H22N2O/c1-13-12-14(16-4-2-3-5-17(16)19)6-7-18(13)20-10-8-15(21)9-11-20/h2-7,12,15,21H,8-11,19H2,1H3. The van der Waals surface area contributed by atoms with Crippen LogP contribution in [0.1, 0.15) is 18.4 Å². The van der Waals surface area contributed by atoms with Crippen LogP contribution in [0.4, 0.5) is 11.4 Å². The second-order valence-corrected chi connectivity index (χ2v) is 5.81. The summed E-state index contributed by atoms with van der Waals surface area (Å²) in [5.41, 5.74) is 11.6. The van der Waals surface area contributed by atoms with Gasteiger partial charge in [-0.1, -0.05) is 24.3 Å². The Kier molecular flexibility index (Phi) is 3.84. The van der Waals surface area contributed by atoms with E-state index in [0.29, 0.717) is 0 Å². The van der Waals surface area contributed by atoms with Crippen molar-refractivity contribution < 1.29 is 5.11 Å². The minimum Gasteiger partial charge on any atom is -0.398 e. The molecule has 1 aliphatic rings. The van der Waals surface area contributed by atoms with Crippen LogP contribution in [0.3, 0.4) is 0 Å². The van der Waals surface area contributed by atoms with Crippen molar-refractivity contribution in [2.24, 2.45) is 0 Å². The lowest BCUT2D eigenvalue weighted by Crippen LogP contribution is -2.36. The number of benzene rings is 2. The van der Waals surface area contributed by atoms with Gasteiger partial charge in [0.15, 0.2) is 0 Å². The van der Waals surface area contributed by atoms with E-state index in [-0.39, 0.29) is 6.10 Å². The topological polar surface area (TPSA) is 49.5 Å². The van der Waals surface area contributed by atoms with Gasteiger partial charge in [0.2, 0.25) is 0 Å². The Morgan fingerprint density at radius 3 is 2.48 bits per heavy atom. The van der Waals surface area contributed by atoms with Crippen molar-refractivity contribution in [1.29, 1.82) is 0 Å². The Labute approximate surface area is 126 Å². The summed E-state index contributed by atoms with van der Waals surface area (Å²) < 4.78 is 0. The van der Waals surface area contributed by atoms with E-state index in [1.165, 1.54) is 11.3 Å². The Morgan fingerprint density at radius 1 is 1.10 bits per heavy atom. The largest absolute Gasteiger partial charge is 0.398 e. The number of aryl methyl sites for hydroxylation is 1. The molecule has 0 atom stereocenters. The van der Waals surface area contributed by atoms with Crippen LogP contribution >= 0.6 is 0 Å².